The summed E-state index contributed by atoms with van der Waals surface area (Å²) in [4.78, 5) is 32.5. The first-order valence-electron chi connectivity index (χ1n) is 9.84. The quantitative estimate of drug-likeness (QED) is 0.369. The van der Waals surface area contributed by atoms with Gasteiger partial charge in [-0.05, 0) is 43.7 Å². The molecular weight excluding hydrogens is 396 g/mol. The maximum atomic E-state index is 11.5. The number of non-ortho nitro benzene ring substituents is 1. The normalized spacial score (nSPS) is 12.9. The standard InChI is InChI=1S/C13H16N2O2.C10H12N2O2/c1-9(2)7-13(17)15-12-6-4-5-11(8-12)14-10(3)16;1-10(2)6-11-9-5-7(12(13)14)3-4-8(9)10/h4-8H,1-3H3,(H,14,16)(H,15,17);3-5,11H,6H2,1-2H3. The van der Waals surface area contributed by atoms with Gasteiger partial charge >= 0.3 is 0 Å². The monoisotopic (exact) mass is 424 g/mol. The Balaban J connectivity index is 0.000000224. The molecule has 0 aromatic heterocycles. The number of rotatable bonds is 4. The van der Waals surface area contributed by atoms with Crippen LogP contribution in [0.2, 0.25) is 0 Å². The number of carbonyl (C=O) groups excluding carboxylic acids is 2. The summed E-state index contributed by atoms with van der Waals surface area (Å²) in [6.07, 6.45) is 1.52. The highest BCUT2D eigenvalue weighted by atomic mass is 16.6. The maximum absolute atomic E-state index is 11.5. The largest absolute Gasteiger partial charge is 0.384 e. The van der Waals surface area contributed by atoms with Crippen LogP contribution in [0.5, 0.6) is 0 Å². The van der Waals surface area contributed by atoms with Gasteiger partial charge < -0.3 is 16.0 Å². The highest BCUT2D eigenvalue weighted by molar-refractivity contribution is 6.00. The van der Waals surface area contributed by atoms with E-state index in [0.717, 1.165) is 23.4 Å². The molecule has 0 unspecified atom stereocenters. The molecule has 0 radical (unpaired) electrons. The Kier molecular flexibility index (Phi) is 7.52. The molecule has 31 heavy (non-hydrogen) atoms. The smallest absolute Gasteiger partial charge is 0.271 e. The Morgan fingerprint density at radius 2 is 1.71 bits per heavy atom. The number of nitrogens with zero attached hydrogens (tertiary/aromatic N) is 1. The second kappa shape index (κ2) is 9.88. The van der Waals surface area contributed by atoms with E-state index in [0.29, 0.717) is 11.4 Å². The van der Waals surface area contributed by atoms with Gasteiger partial charge in [-0.25, -0.2) is 0 Å². The maximum Gasteiger partial charge on any atom is 0.271 e. The third-order valence-electron chi connectivity index (χ3n) is 4.53. The fourth-order valence-corrected chi connectivity index (χ4v) is 3.11. The molecule has 8 heteroatoms. The number of hydrogen-bond acceptors (Lipinski definition) is 5. The van der Waals surface area contributed by atoms with Gasteiger partial charge in [0.2, 0.25) is 11.8 Å². The molecule has 1 aliphatic heterocycles. The van der Waals surface area contributed by atoms with E-state index in [1.165, 1.54) is 13.0 Å². The van der Waals surface area contributed by atoms with E-state index in [1.807, 2.05) is 19.9 Å². The minimum Gasteiger partial charge on any atom is -0.384 e. The second-order valence-electron chi connectivity index (χ2n) is 8.20. The lowest BCUT2D eigenvalue weighted by Gasteiger charge is -2.16. The molecule has 1 aliphatic rings. The van der Waals surface area contributed by atoms with Gasteiger partial charge in [0.1, 0.15) is 0 Å². The molecule has 2 aromatic carbocycles. The first-order chi connectivity index (χ1) is 14.5. The summed E-state index contributed by atoms with van der Waals surface area (Å²) in [7, 11) is 0. The molecule has 3 rings (SSSR count). The number of nitrogens with one attached hydrogen (secondary N) is 3. The Morgan fingerprint density at radius 1 is 1.06 bits per heavy atom. The van der Waals surface area contributed by atoms with E-state index in [-0.39, 0.29) is 27.8 Å². The minimum atomic E-state index is -0.368. The van der Waals surface area contributed by atoms with E-state index in [9.17, 15) is 19.7 Å². The first-order valence-corrected chi connectivity index (χ1v) is 9.84. The molecule has 2 amide bonds. The molecule has 2 aromatic rings. The number of fused-ring (bicyclic) bond motifs is 1. The number of benzene rings is 2. The highest BCUT2D eigenvalue weighted by Gasteiger charge is 2.30. The van der Waals surface area contributed by atoms with E-state index in [2.05, 4.69) is 29.8 Å². The zero-order chi connectivity index (χ0) is 23.2. The van der Waals surface area contributed by atoms with E-state index in [1.54, 1.807) is 36.4 Å². The van der Waals surface area contributed by atoms with Crippen molar-refractivity contribution < 1.29 is 14.5 Å². The van der Waals surface area contributed by atoms with Gasteiger partial charge in [-0.15, -0.1) is 0 Å². The number of hydrogen-bond donors (Lipinski definition) is 3. The van der Waals surface area contributed by atoms with Crippen LogP contribution in [0.25, 0.3) is 0 Å². The first kappa shape index (κ1) is 23.6. The molecule has 164 valence electrons. The van der Waals surface area contributed by atoms with Gasteiger partial charge in [0, 0.05) is 54.2 Å². The molecule has 0 saturated heterocycles. The average molecular weight is 425 g/mol. The Bertz CT molecular complexity index is 1020. The number of amides is 2. The van der Waals surface area contributed by atoms with Crippen LogP contribution in [0.3, 0.4) is 0 Å². The van der Waals surface area contributed by atoms with Gasteiger partial charge in [-0.2, -0.15) is 0 Å². The van der Waals surface area contributed by atoms with Crippen LogP contribution in [0.1, 0.15) is 40.2 Å². The summed E-state index contributed by atoms with van der Waals surface area (Å²) in [6.45, 7) is 10.2. The molecule has 0 atom stereocenters. The summed E-state index contributed by atoms with van der Waals surface area (Å²) in [5.41, 5.74) is 4.51. The number of nitro benzene ring substituents is 1. The molecule has 0 saturated carbocycles. The zero-order valence-corrected chi connectivity index (χ0v) is 18.4. The van der Waals surface area contributed by atoms with Crippen LogP contribution in [-0.2, 0) is 15.0 Å². The number of carbonyl (C=O) groups is 2. The van der Waals surface area contributed by atoms with Crippen LogP contribution in [0.4, 0.5) is 22.7 Å². The summed E-state index contributed by atoms with van der Waals surface area (Å²) >= 11 is 0. The van der Waals surface area contributed by atoms with Gasteiger partial charge in [0.15, 0.2) is 0 Å². The van der Waals surface area contributed by atoms with Gasteiger partial charge in [-0.3, -0.25) is 19.7 Å². The lowest BCUT2D eigenvalue weighted by atomic mass is 9.87. The van der Waals surface area contributed by atoms with Crippen molar-refractivity contribution in [1.82, 2.24) is 0 Å². The molecule has 0 fully saturated rings. The van der Waals surface area contributed by atoms with Crippen molar-refractivity contribution in [2.75, 3.05) is 22.5 Å². The Hall–Kier alpha value is -3.68. The van der Waals surface area contributed by atoms with Gasteiger partial charge in [0.05, 0.1) is 4.92 Å². The minimum absolute atomic E-state index is 0.0739. The second-order valence-corrected chi connectivity index (χ2v) is 8.20. The van der Waals surface area contributed by atoms with Crippen molar-refractivity contribution in [3.63, 3.8) is 0 Å². The molecule has 1 heterocycles. The molecule has 0 bridgehead atoms. The number of allylic oxidation sites excluding steroid dienone is 1. The highest BCUT2D eigenvalue weighted by Crippen LogP contribution is 2.37. The molecule has 8 nitrogen and oxygen atoms in total. The fraction of sp³-hybridized carbons (Fsp3) is 0.304. The topological polar surface area (TPSA) is 113 Å². The van der Waals surface area contributed by atoms with Gasteiger partial charge in [-0.1, -0.05) is 25.5 Å². The van der Waals surface area contributed by atoms with Crippen LogP contribution < -0.4 is 16.0 Å². The zero-order valence-electron chi connectivity index (χ0n) is 18.4. The Labute approximate surface area is 181 Å². The Morgan fingerprint density at radius 3 is 2.29 bits per heavy atom. The van der Waals surface area contributed by atoms with Crippen molar-refractivity contribution in [3.8, 4) is 0 Å². The summed E-state index contributed by atoms with van der Waals surface area (Å²) in [6, 6.07) is 12.0. The van der Waals surface area contributed by atoms with Crippen LogP contribution in [0.15, 0.2) is 54.1 Å². The van der Waals surface area contributed by atoms with E-state index >= 15 is 0 Å². The molecular formula is C23H28N4O4. The average Bonchev–Trinajstić information content (AvgIpc) is 2.95. The van der Waals surface area contributed by atoms with E-state index in [4.69, 9.17) is 0 Å². The fourth-order valence-electron chi connectivity index (χ4n) is 3.11. The van der Waals surface area contributed by atoms with Crippen molar-refractivity contribution in [1.29, 1.82) is 0 Å². The predicted octanol–water partition coefficient (Wildman–Crippen LogP) is 4.85. The van der Waals surface area contributed by atoms with Crippen molar-refractivity contribution in [3.05, 3.63) is 69.8 Å². The third kappa shape index (κ3) is 6.95. The summed E-state index contributed by atoms with van der Waals surface area (Å²) in [5.74, 6) is -0.317. The van der Waals surface area contributed by atoms with Crippen LogP contribution in [0, 0.1) is 10.1 Å². The van der Waals surface area contributed by atoms with Crippen LogP contribution >= 0.6 is 0 Å². The van der Waals surface area contributed by atoms with Crippen molar-refractivity contribution in [2.24, 2.45) is 0 Å². The molecule has 3 N–H and O–H groups in total. The summed E-state index contributed by atoms with van der Waals surface area (Å²) in [5, 5.41) is 19.1. The number of nitro groups is 1. The summed E-state index contributed by atoms with van der Waals surface area (Å²) < 4.78 is 0. The van der Waals surface area contributed by atoms with Crippen molar-refractivity contribution >= 4 is 34.6 Å². The third-order valence-corrected chi connectivity index (χ3v) is 4.53. The molecule has 0 aliphatic carbocycles. The number of anilines is 3. The lowest BCUT2D eigenvalue weighted by molar-refractivity contribution is -0.384. The van der Waals surface area contributed by atoms with Crippen LogP contribution in [-0.4, -0.2) is 23.3 Å². The van der Waals surface area contributed by atoms with Gasteiger partial charge in [0.25, 0.3) is 5.69 Å². The SMILES string of the molecule is CC(=O)Nc1cccc(NC(=O)C=C(C)C)c1.CC1(C)CNc2cc([N+](=O)[O-])ccc21. The predicted molar refractivity (Wildman–Crippen MR) is 123 cm³/mol. The van der Waals surface area contributed by atoms with Crippen molar-refractivity contribution in [2.45, 2.75) is 40.0 Å². The molecule has 0 spiro atoms. The van der Waals surface area contributed by atoms with E-state index < -0.39 is 0 Å². The lowest BCUT2D eigenvalue weighted by Crippen LogP contribution is -2.18.